The summed E-state index contributed by atoms with van der Waals surface area (Å²) in [5.41, 5.74) is 5.91. The Kier molecular flexibility index (Phi) is 4.22. The predicted octanol–water partition coefficient (Wildman–Crippen LogP) is 4.07. The summed E-state index contributed by atoms with van der Waals surface area (Å²) in [6.45, 7) is 6.98. The average molecular weight is 376 g/mol. The number of nitrogens with two attached hydrogens (primary N) is 1. The Labute approximate surface area is 154 Å². The molecule has 5 nitrogen and oxygen atoms in total. The maximum Gasteiger partial charge on any atom is 0.416 e. The number of aromatic amines is 1. The number of benzene rings is 1. The molecule has 142 valence electrons. The van der Waals surface area contributed by atoms with Gasteiger partial charge in [0.15, 0.2) is 0 Å². The van der Waals surface area contributed by atoms with E-state index in [9.17, 15) is 18.4 Å². The van der Waals surface area contributed by atoms with Gasteiger partial charge in [0.1, 0.15) is 11.6 Å². The van der Waals surface area contributed by atoms with Crippen LogP contribution in [-0.2, 0) is 11.6 Å². The van der Waals surface area contributed by atoms with Gasteiger partial charge >= 0.3 is 6.18 Å². The molecular weight excluding hydrogens is 357 g/mol. The van der Waals surface area contributed by atoms with Crippen molar-refractivity contribution < 1.29 is 17.9 Å². The zero-order valence-corrected chi connectivity index (χ0v) is 15.3. The number of ether oxygens (including phenoxy) is 1. The van der Waals surface area contributed by atoms with Crippen molar-refractivity contribution in [3.05, 3.63) is 57.6 Å². The third-order valence-corrected chi connectivity index (χ3v) is 5.00. The largest absolute Gasteiger partial charge is 0.422 e. The van der Waals surface area contributed by atoms with Crippen LogP contribution in [0.1, 0.15) is 41.8 Å². The fraction of sp³-hybridized carbons (Fsp3) is 0.368. The molecule has 3 N–H and O–H groups in total. The van der Waals surface area contributed by atoms with Gasteiger partial charge in [0.2, 0.25) is 11.8 Å². The Bertz CT molecular complexity index is 982. The molecule has 0 fully saturated rings. The van der Waals surface area contributed by atoms with Crippen molar-refractivity contribution in [2.75, 3.05) is 0 Å². The Balaban J connectivity index is 2.47. The van der Waals surface area contributed by atoms with E-state index in [1.54, 1.807) is 19.9 Å². The second kappa shape index (κ2) is 6.05. The van der Waals surface area contributed by atoms with Gasteiger partial charge in [0.25, 0.3) is 0 Å². The lowest BCUT2D eigenvalue weighted by molar-refractivity contribution is -0.137. The fourth-order valence-electron chi connectivity index (χ4n) is 3.95. The fourth-order valence-corrected chi connectivity index (χ4v) is 3.95. The van der Waals surface area contributed by atoms with Crippen LogP contribution in [0.2, 0.25) is 0 Å². The highest BCUT2D eigenvalue weighted by Gasteiger charge is 2.51. The van der Waals surface area contributed by atoms with Crippen molar-refractivity contribution >= 4 is 0 Å². The number of aromatic nitrogens is 2. The van der Waals surface area contributed by atoms with E-state index >= 15 is 0 Å². The van der Waals surface area contributed by atoms with Crippen molar-refractivity contribution in [1.29, 1.82) is 5.26 Å². The summed E-state index contributed by atoms with van der Waals surface area (Å²) in [4.78, 5) is 0. The van der Waals surface area contributed by atoms with Gasteiger partial charge in [-0.15, -0.1) is 0 Å². The molecule has 0 spiro atoms. The third-order valence-electron chi connectivity index (χ3n) is 5.00. The molecule has 2 aromatic rings. The van der Waals surface area contributed by atoms with Crippen LogP contribution in [0.5, 0.6) is 5.88 Å². The Morgan fingerprint density at radius 1 is 1.26 bits per heavy atom. The van der Waals surface area contributed by atoms with E-state index in [2.05, 4.69) is 16.3 Å². The number of nitrogens with zero attached hydrogens (tertiary/aromatic N) is 2. The number of alkyl halides is 3. The van der Waals surface area contributed by atoms with Crippen molar-refractivity contribution in [3.8, 4) is 11.9 Å². The van der Waals surface area contributed by atoms with Gasteiger partial charge in [-0.1, -0.05) is 25.5 Å². The molecule has 1 aliphatic rings. The van der Waals surface area contributed by atoms with Gasteiger partial charge in [-0.2, -0.15) is 23.5 Å². The zero-order chi connectivity index (χ0) is 20.1. The third kappa shape index (κ3) is 2.65. The molecule has 0 radical (unpaired) electrons. The molecule has 0 saturated carbocycles. The number of rotatable bonds is 2. The molecule has 8 heteroatoms. The van der Waals surface area contributed by atoms with Gasteiger partial charge in [-0.3, -0.25) is 0 Å². The highest BCUT2D eigenvalue weighted by atomic mass is 19.4. The number of hydrogen-bond acceptors (Lipinski definition) is 4. The molecule has 2 heterocycles. The molecule has 0 aliphatic carbocycles. The van der Waals surface area contributed by atoms with E-state index in [4.69, 9.17) is 10.5 Å². The normalized spacial score (nSPS) is 19.7. The summed E-state index contributed by atoms with van der Waals surface area (Å²) >= 11 is 0. The molecule has 27 heavy (non-hydrogen) atoms. The maximum atomic E-state index is 13.5. The average Bonchev–Trinajstić information content (AvgIpc) is 2.92. The second-order valence-electron chi connectivity index (χ2n) is 7.01. The molecule has 1 atom stereocenters. The number of nitrogens with one attached hydrogen (secondary N) is 1. The lowest BCUT2D eigenvalue weighted by Gasteiger charge is -2.41. The Morgan fingerprint density at radius 2 is 1.93 bits per heavy atom. The topological polar surface area (TPSA) is 87.7 Å². The summed E-state index contributed by atoms with van der Waals surface area (Å²) in [6.07, 6.45) is -4.51. The van der Waals surface area contributed by atoms with E-state index in [1.807, 2.05) is 13.8 Å². The molecule has 1 aromatic heterocycles. The lowest BCUT2D eigenvalue weighted by Crippen LogP contribution is -2.41. The summed E-state index contributed by atoms with van der Waals surface area (Å²) < 4.78 is 45.9. The lowest BCUT2D eigenvalue weighted by atomic mass is 9.61. The number of halogens is 3. The quantitative estimate of drug-likeness (QED) is 0.827. The van der Waals surface area contributed by atoms with Crippen LogP contribution >= 0.6 is 0 Å². The van der Waals surface area contributed by atoms with Crippen molar-refractivity contribution in [2.45, 2.75) is 39.3 Å². The summed E-state index contributed by atoms with van der Waals surface area (Å²) in [5.74, 6) is -0.197. The number of aryl methyl sites for hydroxylation is 2. The van der Waals surface area contributed by atoms with E-state index in [0.29, 0.717) is 22.4 Å². The van der Waals surface area contributed by atoms with Crippen molar-refractivity contribution in [1.82, 2.24) is 10.2 Å². The number of hydrogen-bond donors (Lipinski definition) is 2. The Morgan fingerprint density at radius 3 is 2.48 bits per heavy atom. The standard InChI is InChI=1S/C19H19F3N4O/c1-9(2)18(12-5-10(3)6-13(7-12)19(20,21)22)14(8-23)16(24)27-17-15(18)11(4)25-26-17/h5-7,9H,24H2,1-4H3,(H,25,26)/t18-/m1/s1. The minimum Gasteiger partial charge on any atom is -0.422 e. The van der Waals surface area contributed by atoms with Crippen LogP contribution in [0.15, 0.2) is 29.7 Å². The number of nitriles is 1. The van der Waals surface area contributed by atoms with Gasteiger partial charge in [0, 0.05) is 0 Å². The van der Waals surface area contributed by atoms with Gasteiger partial charge in [-0.25, -0.2) is 5.10 Å². The van der Waals surface area contributed by atoms with Crippen LogP contribution in [0.4, 0.5) is 13.2 Å². The molecule has 0 saturated heterocycles. The minimum atomic E-state index is -4.51. The van der Waals surface area contributed by atoms with E-state index < -0.39 is 17.2 Å². The number of allylic oxidation sites excluding steroid dienone is 1. The first-order chi connectivity index (χ1) is 12.5. The smallest absolute Gasteiger partial charge is 0.416 e. The maximum absolute atomic E-state index is 13.5. The van der Waals surface area contributed by atoms with Crippen LogP contribution in [0, 0.1) is 31.1 Å². The van der Waals surface area contributed by atoms with Crippen LogP contribution in [0.25, 0.3) is 0 Å². The summed E-state index contributed by atoms with van der Waals surface area (Å²) in [6, 6.07) is 5.89. The van der Waals surface area contributed by atoms with E-state index in [1.165, 1.54) is 0 Å². The molecule has 0 amide bonds. The van der Waals surface area contributed by atoms with Crippen LogP contribution < -0.4 is 10.5 Å². The predicted molar refractivity (Wildman–Crippen MR) is 92.6 cm³/mol. The summed E-state index contributed by atoms with van der Waals surface area (Å²) in [7, 11) is 0. The molecule has 1 aliphatic heterocycles. The zero-order valence-electron chi connectivity index (χ0n) is 15.3. The SMILES string of the molecule is Cc1cc(C(F)(F)F)cc([C@]2(C(C)C)C(C#N)=C(N)Oc3[nH]nc(C)c32)c1. The van der Waals surface area contributed by atoms with Gasteiger partial charge in [-0.05, 0) is 37.5 Å². The first-order valence-corrected chi connectivity index (χ1v) is 8.36. The van der Waals surface area contributed by atoms with Crippen LogP contribution in [-0.4, -0.2) is 10.2 Å². The monoisotopic (exact) mass is 376 g/mol. The summed E-state index contributed by atoms with van der Waals surface area (Å²) in [5, 5.41) is 16.7. The van der Waals surface area contributed by atoms with Crippen molar-refractivity contribution in [3.63, 3.8) is 0 Å². The van der Waals surface area contributed by atoms with E-state index in [0.717, 1.165) is 12.1 Å². The van der Waals surface area contributed by atoms with Crippen molar-refractivity contribution in [2.24, 2.45) is 11.7 Å². The number of H-pyrrole nitrogens is 1. The first kappa shape index (κ1) is 18.8. The van der Waals surface area contributed by atoms with Gasteiger partial charge in [0.05, 0.1) is 22.2 Å². The first-order valence-electron chi connectivity index (χ1n) is 8.36. The molecule has 0 unspecified atom stereocenters. The minimum absolute atomic E-state index is 0.0771. The highest BCUT2D eigenvalue weighted by Crippen LogP contribution is 2.53. The number of fused-ring (bicyclic) bond motifs is 1. The molecule has 1 aromatic carbocycles. The van der Waals surface area contributed by atoms with Crippen LogP contribution in [0.3, 0.4) is 0 Å². The second-order valence-corrected chi connectivity index (χ2v) is 7.01. The van der Waals surface area contributed by atoms with E-state index in [-0.39, 0.29) is 23.3 Å². The van der Waals surface area contributed by atoms with Gasteiger partial charge < -0.3 is 10.5 Å². The molecular formula is C19H19F3N4O. The molecule has 3 rings (SSSR count). The molecule has 0 bridgehead atoms. The Hall–Kier alpha value is -2.95. The highest BCUT2D eigenvalue weighted by molar-refractivity contribution is 5.62.